The van der Waals surface area contributed by atoms with Gasteiger partial charge in [-0.3, -0.25) is 9.59 Å². The van der Waals surface area contributed by atoms with Crippen LogP contribution in [0.25, 0.3) is 0 Å². The van der Waals surface area contributed by atoms with Crippen LogP contribution in [0.4, 0.5) is 14.5 Å². The molecule has 9 heteroatoms. The minimum atomic E-state index is -1.20. The third-order valence-electron chi connectivity index (χ3n) is 8.07. The summed E-state index contributed by atoms with van der Waals surface area (Å²) >= 11 is 6.27. The lowest BCUT2D eigenvalue weighted by Gasteiger charge is -2.42. The number of anilines is 1. The van der Waals surface area contributed by atoms with Crippen molar-refractivity contribution in [3.63, 3.8) is 0 Å². The SMILES string of the molecule is CC(/C=C\C=C(\F)CF)[C@H]1[C@H](C(=O)NC2CC(C)(O)C2)N[C@H](CC(C)(C)C)[C@]12C(=O)Nc1cc(Cl)ccc12. The second kappa shape index (κ2) is 10.4. The number of carbonyl (C=O) groups excluding carboxylic acids is 2. The number of carbonyl (C=O) groups is 2. The average molecular weight is 550 g/mol. The first-order valence-corrected chi connectivity index (χ1v) is 13.5. The molecular weight excluding hydrogens is 512 g/mol. The predicted molar refractivity (Wildman–Crippen MR) is 145 cm³/mol. The highest BCUT2D eigenvalue weighted by Gasteiger charge is 2.66. The monoisotopic (exact) mass is 549 g/mol. The molecule has 0 aromatic heterocycles. The van der Waals surface area contributed by atoms with Gasteiger partial charge in [-0.25, -0.2) is 8.78 Å². The van der Waals surface area contributed by atoms with Gasteiger partial charge in [0.1, 0.15) is 12.5 Å². The fourth-order valence-electron chi connectivity index (χ4n) is 6.64. The molecule has 1 spiro atoms. The molecule has 3 aliphatic rings. The summed E-state index contributed by atoms with van der Waals surface area (Å²) in [5, 5.41) is 20.3. The molecule has 0 bridgehead atoms. The highest BCUT2D eigenvalue weighted by atomic mass is 35.5. The van der Waals surface area contributed by atoms with Gasteiger partial charge in [0.15, 0.2) is 0 Å². The number of benzene rings is 1. The van der Waals surface area contributed by atoms with E-state index in [0.29, 0.717) is 30.0 Å². The normalized spacial score (nSPS) is 33.8. The number of alkyl halides is 1. The van der Waals surface area contributed by atoms with Gasteiger partial charge in [-0.05, 0) is 61.3 Å². The van der Waals surface area contributed by atoms with Crippen LogP contribution in [0.1, 0.15) is 59.4 Å². The van der Waals surface area contributed by atoms with E-state index in [2.05, 4.69) is 36.7 Å². The summed E-state index contributed by atoms with van der Waals surface area (Å²) in [6, 6.07) is 4.03. The first kappa shape index (κ1) is 28.7. The largest absolute Gasteiger partial charge is 0.390 e. The Morgan fingerprint density at radius 3 is 2.63 bits per heavy atom. The summed E-state index contributed by atoms with van der Waals surface area (Å²) in [5.74, 6) is -2.27. The molecule has 6 nitrogen and oxygen atoms in total. The van der Waals surface area contributed by atoms with E-state index in [-0.39, 0.29) is 35.2 Å². The van der Waals surface area contributed by atoms with Crippen LogP contribution in [0.5, 0.6) is 0 Å². The summed E-state index contributed by atoms with van der Waals surface area (Å²) in [7, 11) is 0. The van der Waals surface area contributed by atoms with Gasteiger partial charge in [0.25, 0.3) is 0 Å². The maximum atomic E-state index is 14.0. The fraction of sp³-hybridized carbons (Fsp3) is 0.586. The Balaban J connectivity index is 1.81. The van der Waals surface area contributed by atoms with E-state index >= 15 is 0 Å². The molecule has 208 valence electrons. The Morgan fingerprint density at radius 1 is 1.34 bits per heavy atom. The topological polar surface area (TPSA) is 90.5 Å². The van der Waals surface area contributed by atoms with Crippen molar-refractivity contribution in [2.75, 3.05) is 12.0 Å². The molecule has 5 atom stereocenters. The lowest BCUT2D eigenvalue weighted by Crippen LogP contribution is -2.58. The summed E-state index contributed by atoms with van der Waals surface area (Å²) in [6.07, 6.45) is 5.74. The number of allylic oxidation sites excluding steroid dienone is 4. The molecule has 38 heavy (non-hydrogen) atoms. The van der Waals surface area contributed by atoms with Crippen molar-refractivity contribution < 1.29 is 23.5 Å². The van der Waals surface area contributed by atoms with Gasteiger partial charge >= 0.3 is 0 Å². The lowest BCUT2D eigenvalue weighted by molar-refractivity contribution is -0.128. The van der Waals surface area contributed by atoms with Crippen LogP contribution >= 0.6 is 11.6 Å². The minimum absolute atomic E-state index is 0.159. The summed E-state index contributed by atoms with van der Waals surface area (Å²) in [5.41, 5.74) is -0.695. The second-order valence-corrected chi connectivity index (χ2v) is 13.0. The number of hydrogen-bond acceptors (Lipinski definition) is 4. The molecule has 4 N–H and O–H groups in total. The van der Waals surface area contributed by atoms with Crippen molar-refractivity contribution in [3.05, 3.63) is 52.8 Å². The standard InChI is InChI=1S/C29H38ClF2N3O3/c1-16(7-6-8-18(32)15-31)23-24(25(36)33-19-12-28(5,38)13-19)35-22(14-27(2,3)4)29(23)20-10-9-17(30)11-21(20)34-26(29)37/h6-11,16,19,22-24,35,38H,12-15H2,1-5H3,(H,33,36)(H,34,37)/b7-6-,18-8+/t16?,19?,22-,23+,24-,28?,29+/m1/s1. The fourth-order valence-corrected chi connectivity index (χ4v) is 6.81. The molecule has 1 aliphatic carbocycles. The van der Waals surface area contributed by atoms with Crippen LogP contribution in [-0.2, 0) is 15.0 Å². The van der Waals surface area contributed by atoms with Gasteiger partial charge in [0.2, 0.25) is 11.8 Å². The number of nitrogens with one attached hydrogen (secondary N) is 3. The maximum Gasteiger partial charge on any atom is 0.237 e. The maximum absolute atomic E-state index is 14.0. The van der Waals surface area contributed by atoms with E-state index in [1.54, 1.807) is 25.1 Å². The summed E-state index contributed by atoms with van der Waals surface area (Å²) < 4.78 is 26.2. The quantitative estimate of drug-likeness (QED) is 0.362. The van der Waals surface area contributed by atoms with E-state index < -0.39 is 35.5 Å². The molecule has 2 aliphatic heterocycles. The molecular formula is C29H38ClF2N3O3. The average Bonchev–Trinajstić information content (AvgIpc) is 3.26. The van der Waals surface area contributed by atoms with Crippen LogP contribution in [-0.4, -0.2) is 47.3 Å². The Labute approximate surface area is 228 Å². The molecule has 1 saturated heterocycles. The van der Waals surface area contributed by atoms with Crippen LogP contribution in [0.3, 0.4) is 0 Å². The molecule has 2 amide bonds. The van der Waals surface area contributed by atoms with Crippen LogP contribution in [0, 0.1) is 17.3 Å². The first-order chi connectivity index (χ1) is 17.7. The number of hydrogen-bond donors (Lipinski definition) is 4. The zero-order chi connectivity index (χ0) is 28.0. The minimum Gasteiger partial charge on any atom is -0.390 e. The molecule has 2 heterocycles. The van der Waals surface area contributed by atoms with Crippen molar-refractivity contribution in [2.24, 2.45) is 17.3 Å². The molecule has 4 rings (SSSR count). The highest BCUT2D eigenvalue weighted by Crippen LogP contribution is 2.55. The molecule has 1 saturated carbocycles. The molecule has 0 radical (unpaired) electrons. The number of aliphatic hydroxyl groups is 1. The zero-order valence-electron chi connectivity index (χ0n) is 22.6. The Kier molecular flexibility index (Phi) is 7.83. The van der Waals surface area contributed by atoms with Gasteiger partial charge in [0.05, 0.1) is 17.1 Å². The van der Waals surface area contributed by atoms with Crippen molar-refractivity contribution in [2.45, 2.75) is 83.0 Å². The van der Waals surface area contributed by atoms with Gasteiger partial charge < -0.3 is 21.1 Å². The van der Waals surface area contributed by atoms with E-state index in [0.717, 1.165) is 11.6 Å². The number of halogens is 3. The second-order valence-electron chi connectivity index (χ2n) is 12.6. The third kappa shape index (κ3) is 5.40. The van der Waals surface area contributed by atoms with Gasteiger partial charge in [-0.2, -0.15) is 0 Å². The number of rotatable bonds is 7. The van der Waals surface area contributed by atoms with Crippen molar-refractivity contribution >= 4 is 29.1 Å². The van der Waals surface area contributed by atoms with Gasteiger partial charge in [-0.15, -0.1) is 0 Å². The molecule has 2 fully saturated rings. The van der Waals surface area contributed by atoms with Crippen LogP contribution in [0.15, 0.2) is 42.3 Å². The van der Waals surface area contributed by atoms with Crippen molar-refractivity contribution in [1.29, 1.82) is 0 Å². The van der Waals surface area contributed by atoms with E-state index in [1.165, 1.54) is 6.08 Å². The summed E-state index contributed by atoms with van der Waals surface area (Å²) in [4.78, 5) is 27.8. The first-order valence-electron chi connectivity index (χ1n) is 13.2. The van der Waals surface area contributed by atoms with Gasteiger partial charge in [0, 0.05) is 28.7 Å². The number of fused-ring (bicyclic) bond motifs is 2. The molecule has 1 unspecified atom stereocenters. The van der Waals surface area contributed by atoms with Crippen LogP contribution in [0.2, 0.25) is 5.02 Å². The van der Waals surface area contributed by atoms with Crippen LogP contribution < -0.4 is 16.0 Å². The Morgan fingerprint density at radius 2 is 2.03 bits per heavy atom. The lowest BCUT2D eigenvalue weighted by atomic mass is 9.61. The van der Waals surface area contributed by atoms with E-state index in [4.69, 9.17) is 11.6 Å². The molecule has 1 aromatic carbocycles. The van der Waals surface area contributed by atoms with E-state index in [9.17, 15) is 23.5 Å². The third-order valence-corrected chi connectivity index (χ3v) is 8.31. The van der Waals surface area contributed by atoms with Crippen molar-refractivity contribution in [1.82, 2.24) is 10.6 Å². The highest BCUT2D eigenvalue weighted by molar-refractivity contribution is 6.31. The summed E-state index contributed by atoms with van der Waals surface area (Å²) in [6.45, 7) is 8.69. The Bertz CT molecular complexity index is 1150. The zero-order valence-corrected chi connectivity index (χ0v) is 23.3. The van der Waals surface area contributed by atoms with Gasteiger partial charge in [-0.1, -0.05) is 57.5 Å². The predicted octanol–water partition coefficient (Wildman–Crippen LogP) is 4.97. The van der Waals surface area contributed by atoms with E-state index in [1.807, 2.05) is 13.0 Å². The Hall–Kier alpha value is -2.29. The van der Waals surface area contributed by atoms with Crippen molar-refractivity contribution in [3.8, 4) is 0 Å². The smallest absolute Gasteiger partial charge is 0.237 e. The molecule has 1 aromatic rings. The number of amides is 2.